The van der Waals surface area contributed by atoms with Crippen molar-refractivity contribution in [2.24, 2.45) is 16.7 Å². The second kappa shape index (κ2) is 4.67. The molecule has 2 fully saturated rings. The van der Waals surface area contributed by atoms with E-state index in [4.69, 9.17) is 0 Å². The Kier molecular flexibility index (Phi) is 2.93. The summed E-state index contributed by atoms with van der Waals surface area (Å²) in [4.78, 5) is 17.6. The Balaban J connectivity index is 1.70. The molecule has 2 unspecified atom stereocenters. The first-order chi connectivity index (χ1) is 10.9. The number of amides is 1. The molecule has 0 aliphatic heterocycles. The zero-order chi connectivity index (χ0) is 16.2. The third-order valence-electron chi connectivity index (χ3n) is 6.21. The molecule has 1 heterocycles. The van der Waals surface area contributed by atoms with E-state index in [-0.39, 0.29) is 11.3 Å². The number of carbonyl (C=O) groups excluding carboxylic acids is 1. The minimum Gasteiger partial charge on any atom is -0.323 e. The first kappa shape index (κ1) is 14.4. The molecule has 2 saturated carbocycles. The second-order valence-electron chi connectivity index (χ2n) is 7.56. The summed E-state index contributed by atoms with van der Waals surface area (Å²) in [6.45, 7) is 8.77. The summed E-state index contributed by atoms with van der Waals surface area (Å²) < 4.78 is 0. The van der Waals surface area contributed by atoms with Gasteiger partial charge in [0.05, 0.1) is 16.6 Å². The molecule has 1 aromatic carbocycles. The molecule has 2 aromatic rings. The minimum atomic E-state index is -0.398. The molecule has 2 aliphatic carbocycles. The molecule has 3 heteroatoms. The van der Waals surface area contributed by atoms with Crippen LogP contribution in [0.1, 0.15) is 33.1 Å². The Hall–Kier alpha value is -2.16. The molecule has 118 valence electrons. The third-order valence-corrected chi connectivity index (χ3v) is 6.21. The highest BCUT2D eigenvalue weighted by atomic mass is 16.2. The number of aromatic nitrogens is 1. The maximum Gasteiger partial charge on any atom is 0.234 e. The summed E-state index contributed by atoms with van der Waals surface area (Å²) in [7, 11) is 0. The van der Waals surface area contributed by atoms with Gasteiger partial charge in [-0.1, -0.05) is 44.2 Å². The number of hydrogen-bond donors (Lipinski definition) is 1. The van der Waals surface area contributed by atoms with Crippen molar-refractivity contribution >= 4 is 22.5 Å². The first-order valence-corrected chi connectivity index (χ1v) is 8.30. The van der Waals surface area contributed by atoms with Crippen LogP contribution < -0.4 is 5.32 Å². The Morgan fingerprint density at radius 3 is 2.83 bits per heavy atom. The zero-order valence-electron chi connectivity index (χ0n) is 13.7. The molecule has 1 N–H and O–H groups in total. The van der Waals surface area contributed by atoms with Gasteiger partial charge < -0.3 is 5.32 Å². The second-order valence-corrected chi connectivity index (χ2v) is 7.56. The maximum absolute atomic E-state index is 13.1. The van der Waals surface area contributed by atoms with Crippen LogP contribution in [0.25, 0.3) is 10.9 Å². The summed E-state index contributed by atoms with van der Waals surface area (Å²) in [6, 6.07) is 9.83. The fourth-order valence-corrected chi connectivity index (χ4v) is 4.59. The minimum absolute atomic E-state index is 0.0621. The topological polar surface area (TPSA) is 42.0 Å². The average molecular weight is 306 g/mol. The van der Waals surface area contributed by atoms with Crippen molar-refractivity contribution < 1.29 is 4.79 Å². The summed E-state index contributed by atoms with van der Waals surface area (Å²) in [5.74, 6) is 0.667. The van der Waals surface area contributed by atoms with Crippen LogP contribution in [-0.2, 0) is 4.79 Å². The van der Waals surface area contributed by atoms with Crippen molar-refractivity contribution in [1.82, 2.24) is 4.98 Å². The molecular weight excluding hydrogens is 284 g/mol. The average Bonchev–Trinajstić information content (AvgIpc) is 3.08. The van der Waals surface area contributed by atoms with E-state index in [1.165, 1.54) is 0 Å². The van der Waals surface area contributed by atoms with Crippen LogP contribution in [0.4, 0.5) is 5.69 Å². The lowest BCUT2D eigenvalue weighted by Crippen LogP contribution is -2.37. The van der Waals surface area contributed by atoms with Crippen LogP contribution >= 0.6 is 0 Å². The monoisotopic (exact) mass is 306 g/mol. The number of fused-ring (bicyclic) bond motifs is 3. The van der Waals surface area contributed by atoms with Gasteiger partial charge in [-0.05, 0) is 42.7 Å². The highest BCUT2D eigenvalue weighted by molar-refractivity contribution is 6.04. The van der Waals surface area contributed by atoms with Crippen molar-refractivity contribution in [2.45, 2.75) is 33.1 Å². The highest BCUT2D eigenvalue weighted by Gasteiger charge is 2.60. The molecule has 0 saturated heterocycles. The molecule has 4 rings (SSSR count). The van der Waals surface area contributed by atoms with Crippen molar-refractivity contribution in [2.75, 3.05) is 5.32 Å². The van der Waals surface area contributed by atoms with E-state index in [9.17, 15) is 4.79 Å². The SMILES string of the molecule is C=C1C2(C(=O)Nc3cccc4cccnc34)CCC(C2)C1(C)C. The molecular formula is C20H22N2O. The molecule has 3 nitrogen and oxygen atoms in total. The van der Waals surface area contributed by atoms with E-state index in [0.29, 0.717) is 5.92 Å². The van der Waals surface area contributed by atoms with Crippen LogP contribution in [0.5, 0.6) is 0 Å². The van der Waals surface area contributed by atoms with Crippen molar-refractivity contribution in [3.63, 3.8) is 0 Å². The van der Waals surface area contributed by atoms with Crippen LogP contribution in [0.3, 0.4) is 0 Å². The lowest BCUT2D eigenvalue weighted by atomic mass is 9.68. The number of anilines is 1. The molecule has 23 heavy (non-hydrogen) atoms. The summed E-state index contributed by atoms with van der Waals surface area (Å²) in [5.41, 5.74) is 2.41. The molecule has 2 atom stereocenters. The van der Waals surface area contributed by atoms with Crippen molar-refractivity contribution in [3.8, 4) is 0 Å². The predicted octanol–water partition coefficient (Wildman–Crippen LogP) is 4.56. The van der Waals surface area contributed by atoms with E-state index in [1.54, 1.807) is 6.20 Å². The number of para-hydroxylation sites is 1. The van der Waals surface area contributed by atoms with Crippen LogP contribution in [0, 0.1) is 16.7 Å². The smallest absolute Gasteiger partial charge is 0.234 e. The summed E-state index contributed by atoms with van der Waals surface area (Å²) in [5, 5.41) is 4.19. The fourth-order valence-electron chi connectivity index (χ4n) is 4.59. The van der Waals surface area contributed by atoms with Gasteiger partial charge in [0.15, 0.2) is 0 Å². The Morgan fingerprint density at radius 2 is 2.09 bits per heavy atom. The van der Waals surface area contributed by atoms with Crippen LogP contribution in [-0.4, -0.2) is 10.9 Å². The number of pyridine rings is 1. The van der Waals surface area contributed by atoms with Crippen molar-refractivity contribution in [1.29, 1.82) is 0 Å². The largest absolute Gasteiger partial charge is 0.323 e. The molecule has 0 radical (unpaired) electrons. The van der Waals surface area contributed by atoms with E-state index in [1.807, 2.05) is 30.3 Å². The van der Waals surface area contributed by atoms with E-state index in [2.05, 4.69) is 30.7 Å². The van der Waals surface area contributed by atoms with Gasteiger partial charge in [-0.2, -0.15) is 0 Å². The first-order valence-electron chi connectivity index (χ1n) is 8.30. The van der Waals surface area contributed by atoms with Crippen molar-refractivity contribution in [3.05, 3.63) is 48.7 Å². The van der Waals surface area contributed by atoms with Crippen LogP contribution in [0.15, 0.2) is 48.7 Å². The third kappa shape index (κ3) is 1.89. The number of nitrogens with zero attached hydrogens (tertiary/aromatic N) is 1. The van der Waals surface area contributed by atoms with Gasteiger partial charge in [-0.3, -0.25) is 9.78 Å². The lowest BCUT2D eigenvalue weighted by Gasteiger charge is -2.37. The Morgan fingerprint density at radius 1 is 1.30 bits per heavy atom. The maximum atomic E-state index is 13.1. The van der Waals surface area contributed by atoms with Crippen LogP contribution in [0.2, 0.25) is 0 Å². The van der Waals surface area contributed by atoms with Gasteiger partial charge in [0.1, 0.15) is 0 Å². The zero-order valence-corrected chi connectivity index (χ0v) is 13.7. The van der Waals surface area contributed by atoms with E-state index >= 15 is 0 Å². The molecule has 2 bridgehead atoms. The Bertz CT molecular complexity index is 818. The molecule has 0 spiro atoms. The number of hydrogen-bond acceptors (Lipinski definition) is 2. The highest BCUT2D eigenvalue weighted by Crippen LogP contribution is 2.65. The standard InChI is InChI=1S/C20H22N2O/c1-13-19(2,3)15-9-10-20(13,12-15)18(23)22-16-8-4-6-14-7-5-11-21-17(14)16/h4-8,11,15H,1,9-10,12H2,2-3H3,(H,22,23). The molecule has 1 aromatic heterocycles. The van der Waals surface area contributed by atoms with E-state index in [0.717, 1.165) is 41.4 Å². The van der Waals surface area contributed by atoms with Gasteiger partial charge in [-0.15, -0.1) is 0 Å². The Labute approximate surface area is 136 Å². The summed E-state index contributed by atoms with van der Waals surface area (Å²) >= 11 is 0. The number of carbonyl (C=O) groups is 1. The molecule has 1 amide bonds. The predicted molar refractivity (Wildman–Crippen MR) is 93.1 cm³/mol. The van der Waals surface area contributed by atoms with Gasteiger partial charge >= 0.3 is 0 Å². The number of nitrogens with one attached hydrogen (secondary N) is 1. The van der Waals surface area contributed by atoms with Gasteiger partial charge in [-0.25, -0.2) is 0 Å². The summed E-state index contributed by atoms with van der Waals surface area (Å²) in [6.07, 6.45) is 4.74. The molecule has 2 aliphatic rings. The quantitative estimate of drug-likeness (QED) is 0.827. The number of benzene rings is 1. The normalized spacial score (nSPS) is 28.3. The van der Waals surface area contributed by atoms with Gasteiger partial charge in [0.2, 0.25) is 5.91 Å². The van der Waals surface area contributed by atoms with E-state index < -0.39 is 5.41 Å². The number of rotatable bonds is 2. The lowest BCUT2D eigenvalue weighted by molar-refractivity contribution is -0.123. The fraction of sp³-hybridized carbons (Fsp3) is 0.400. The van der Waals surface area contributed by atoms with Gasteiger partial charge in [0.25, 0.3) is 0 Å². The van der Waals surface area contributed by atoms with Gasteiger partial charge in [0, 0.05) is 11.6 Å².